The maximum absolute atomic E-state index is 14.9. The smallest absolute Gasteiger partial charge is 0.222 e. The number of sulfone groups is 1. The van der Waals surface area contributed by atoms with Crippen LogP contribution in [0.25, 0.3) is 12.2 Å². The molecule has 0 spiro atoms. The van der Waals surface area contributed by atoms with Crippen LogP contribution in [-0.2, 0) is 15.6 Å². The van der Waals surface area contributed by atoms with Gasteiger partial charge in [-0.15, -0.1) is 0 Å². The summed E-state index contributed by atoms with van der Waals surface area (Å²) in [7, 11) is -2.52. The van der Waals surface area contributed by atoms with Crippen LogP contribution in [0, 0.1) is 11.7 Å². The molecule has 1 fully saturated rings. The molecule has 0 radical (unpaired) electrons. The van der Waals surface area contributed by atoms with E-state index in [2.05, 4.69) is 27.2 Å². The van der Waals surface area contributed by atoms with E-state index in [-0.39, 0.29) is 21.5 Å². The van der Waals surface area contributed by atoms with E-state index in [1.807, 2.05) is 0 Å². The first kappa shape index (κ1) is 27.0. The van der Waals surface area contributed by atoms with Gasteiger partial charge in [-0.05, 0) is 55.9 Å². The molecule has 0 bridgehead atoms. The first-order valence-corrected chi connectivity index (χ1v) is 14.3. The van der Waals surface area contributed by atoms with Gasteiger partial charge in [0.1, 0.15) is 11.6 Å². The minimum Gasteiger partial charge on any atom is -0.481 e. The first-order valence-electron chi connectivity index (χ1n) is 12.3. The van der Waals surface area contributed by atoms with Crippen LogP contribution < -0.4 is 10.1 Å². The molecule has 3 aromatic rings. The van der Waals surface area contributed by atoms with E-state index in [9.17, 15) is 12.8 Å². The normalized spacial score (nSPS) is 18.2. The van der Waals surface area contributed by atoms with Crippen LogP contribution in [0.2, 0.25) is 5.02 Å². The van der Waals surface area contributed by atoms with Crippen LogP contribution in [0.5, 0.6) is 5.88 Å². The Morgan fingerprint density at radius 3 is 2.49 bits per heavy atom. The fourth-order valence-electron chi connectivity index (χ4n) is 4.44. The van der Waals surface area contributed by atoms with Crippen molar-refractivity contribution in [3.05, 3.63) is 70.4 Å². The number of nitrogens with zero attached hydrogens (tertiary/aromatic N) is 3. The van der Waals surface area contributed by atoms with Gasteiger partial charge in [0.2, 0.25) is 11.8 Å². The van der Waals surface area contributed by atoms with E-state index in [1.165, 1.54) is 44.6 Å². The van der Waals surface area contributed by atoms with Crippen molar-refractivity contribution >= 4 is 39.5 Å². The molecular formula is C27H30ClFN4O3S. The molecule has 1 aliphatic carbocycles. The number of halogens is 2. The van der Waals surface area contributed by atoms with Crippen molar-refractivity contribution < 1.29 is 17.5 Å². The second kappa shape index (κ2) is 12.0. The van der Waals surface area contributed by atoms with Crippen molar-refractivity contribution in [2.45, 2.75) is 55.7 Å². The van der Waals surface area contributed by atoms with Crippen LogP contribution in [-0.4, -0.2) is 36.5 Å². The Morgan fingerprint density at radius 1 is 1.14 bits per heavy atom. The molecule has 1 N–H and O–H groups in total. The fraction of sp³-hybridized carbons (Fsp3) is 0.370. The largest absolute Gasteiger partial charge is 0.481 e. The van der Waals surface area contributed by atoms with Gasteiger partial charge in [-0.2, -0.15) is 0 Å². The van der Waals surface area contributed by atoms with Crippen molar-refractivity contribution in [1.82, 2.24) is 15.0 Å². The summed E-state index contributed by atoms with van der Waals surface area (Å²) < 4.78 is 45.8. The number of hydrogen-bond acceptors (Lipinski definition) is 7. The standard InChI is InChI=1S/C27H30ClFN4O3S/c1-3-18-9-12-21(13-10-18)32-27-30-15-19(16-31-27)8-11-20-14-23(29)24(33-26(20)36-2)17-37(34,35)25-7-5-4-6-22(25)28/h4-8,11,14-16,18,21H,3,9-10,12-13,17H2,1-2H3,(H,30,31,32)/b11-8+. The lowest BCUT2D eigenvalue weighted by Crippen LogP contribution is -2.26. The molecule has 2 heterocycles. The second-order valence-corrected chi connectivity index (χ2v) is 11.5. The third-order valence-electron chi connectivity index (χ3n) is 6.62. The molecule has 1 aromatic carbocycles. The summed E-state index contributed by atoms with van der Waals surface area (Å²) in [5, 5.41) is 3.48. The Labute approximate surface area is 222 Å². The van der Waals surface area contributed by atoms with Crippen LogP contribution in [0.1, 0.15) is 55.8 Å². The van der Waals surface area contributed by atoms with Gasteiger partial charge in [0.25, 0.3) is 0 Å². The summed E-state index contributed by atoms with van der Waals surface area (Å²) in [4.78, 5) is 12.9. The summed E-state index contributed by atoms with van der Waals surface area (Å²) in [6.45, 7) is 2.25. The molecule has 1 aliphatic rings. The number of anilines is 1. The van der Waals surface area contributed by atoms with Gasteiger partial charge in [0.15, 0.2) is 9.84 Å². The molecule has 0 amide bonds. The van der Waals surface area contributed by atoms with Crippen LogP contribution >= 0.6 is 11.6 Å². The van der Waals surface area contributed by atoms with Crippen LogP contribution in [0.4, 0.5) is 10.3 Å². The number of pyridine rings is 1. The molecule has 7 nitrogen and oxygen atoms in total. The Morgan fingerprint density at radius 2 is 1.84 bits per heavy atom. The quantitative estimate of drug-likeness (QED) is 0.343. The molecule has 0 saturated heterocycles. The zero-order chi connectivity index (χ0) is 26.4. The van der Waals surface area contributed by atoms with Crippen molar-refractivity contribution in [1.29, 1.82) is 0 Å². The highest BCUT2D eigenvalue weighted by Crippen LogP contribution is 2.29. The summed E-state index contributed by atoms with van der Waals surface area (Å²) in [6, 6.07) is 7.62. The molecule has 10 heteroatoms. The number of ether oxygens (including phenoxy) is 1. The molecule has 0 unspecified atom stereocenters. The highest BCUT2D eigenvalue weighted by atomic mass is 35.5. The SMILES string of the molecule is CCC1CCC(Nc2ncc(/C=C/c3cc(F)c(CS(=O)(=O)c4ccccc4Cl)nc3OC)cn2)CC1. The van der Waals surface area contributed by atoms with Crippen molar-refractivity contribution in [3.8, 4) is 5.88 Å². The van der Waals surface area contributed by atoms with E-state index in [0.717, 1.165) is 18.8 Å². The van der Waals surface area contributed by atoms with Crippen molar-refractivity contribution in [2.75, 3.05) is 12.4 Å². The number of rotatable bonds is 9. The van der Waals surface area contributed by atoms with Gasteiger partial charge in [-0.1, -0.05) is 43.2 Å². The minimum absolute atomic E-state index is 0.0711. The zero-order valence-electron chi connectivity index (χ0n) is 20.8. The highest BCUT2D eigenvalue weighted by Gasteiger charge is 2.23. The first-order chi connectivity index (χ1) is 17.8. The topological polar surface area (TPSA) is 94.1 Å². The molecule has 0 atom stereocenters. The Bertz CT molecular complexity index is 1360. The average Bonchev–Trinajstić information content (AvgIpc) is 2.90. The Kier molecular flexibility index (Phi) is 8.76. The number of methoxy groups -OCH3 is 1. The maximum Gasteiger partial charge on any atom is 0.222 e. The van der Waals surface area contributed by atoms with Gasteiger partial charge < -0.3 is 10.1 Å². The predicted molar refractivity (Wildman–Crippen MR) is 144 cm³/mol. The fourth-order valence-corrected chi connectivity index (χ4v) is 6.30. The summed E-state index contributed by atoms with van der Waals surface area (Å²) in [6.07, 6.45) is 12.6. The van der Waals surface area contributed by atoms with E-state index in [0.29, 0.717) is 23.1 Å². The molecule has 196 valence electrons. The van der Waals surface area contributed by atoms with Gasteiger partial charge in [0.05, 0.1) is 22.7 Å². The molecule has 37 heavy (non-hydrogen) atoms. The Balaban J connectivity index is 1.45. The van der Waals surface area contributed by atoms with Gasteiger partial charge >= 0.3 is 0 Å². The highest BCUT2D eigenvalue weighted by molar-refractivity contribution is 7.90. The van der Waals surface area contributed by atoms with Crippen molar-refractivity contribution in [2.24, 2.45) is 5.92 Å². The molecule has 1 saturated carbocycles. The lowest BCUT2D eigenvalue weighted by Gasteiger charge is -2.28. The number of hydrogen-bond donors (Lipinski definition) is 1. The summed E-state index contributed by atoms with van der Waals surface area (Å²) >= 11 is 6.03. The second-order valence-electron chi connectivity index (χ2n) is 9.15. The van der Waals surface area contributed by atoms with Gasteiger partial charge in [-0.3, -0.25) is 0 Å². The number of nitrogens with one attached hydrogen (secondary N) is 1. The van der Waals surface area contributed by atoms with E-state index >= 15 is 0 Å². The summed E-state index contributed by atoms with van der Waals surface area (Å²) in [5.41, 5.74) is 0.822. The number of benzene rings is 1. The van der Waals surface area contributed by atoms with E-state index in [1.54, 1.807) is 36.7 Å². The molecule has 0 aliphatic heterocycles. The average molecular weight is 545 g/mol. The van der Waals surface area contributed by atoms with E-state index < -0.39 is 21.4 Å². The predicted octanol–water partition coefficient (Wildman–Crippen LogP) is 6.20. The third-order valence-corrected chi connectivity index (χ3v) is 8.74. The number of aromatic nitrogens is 3. The van der Waals surface area contributed by atoms with E-state index in [4.69, 9.17) is 16.3 Å². The lowest BCUT2D eigenvalue weighted by molar-refractivity contribution is 0.329. The van der Waals surface area contributed by atoms with Crippen LogP contribution in [0.15, 0.2) is 47.6 Å². The minimum atomic E-state index is -3.91. The molecule has 4 rings (SSSR count). The zero-order valence-corrected chi connectivity index (χ0v) is 22.4. The van der Waals surface area contributed by atoms with Gasteiger partial charge in [-0.25, -0.2) is 27.8 Å². The third kappa shape index (κ3) is 6.84. The lowest BCUT2D eigenvalue weighted by atomic mass is 9.85. The summed E-state index contributed by atoms with van der Waals surface area (Å²) in [5.74, 6) is 0.106. The molecule has 2 aromatic heterocycles. The monoisotopic (exact) mass is 544 g/mol. The van der Waals surface area contributed by atoms with Crippen LogP contribution in [0.3, 0.4) is 0 Å². The van der Waals surface area contributed by atoms with Crippen molar-refractivity contribution in [3.63, 3.8) is 0 Å². The van der Waals surface area contributed by atoms with Gasteiger partial charge in [0, 0.05) is 29.6 Å². The molecular weight excluding hydrogens is 515 g/mol. The maximum atomic E-state index is 14.9. The Hall–Kier alpha value is -3.04.